The fourth-order valence-corrected chi connectivity index (χ4v) is 1.88. The molecule has 0 spiro atoms. The van der Waals surface area contributed by atoms with Crippen molar-refractivity contribution in [3.05, 3.63) is 52.7 Å². The van der Waals surface area contributed by atoms with E-state index in [-0.39, 0.29) is 5.69 Å². The molecule has 0 amide bonds. The first-order valence-corrected chi connectivity index (χ1v) is 5.99. The molecule has 1 aromatic heterocycles. The van der Waals surface area contributed by atoms with Gasteiger partial charge in [0.15, 0.2) is 0 Å². The molecule has 1 aromatic carbocycles. The summed E-state index contributed by atoms with van der Waals surface area (Å²) in [5.74, 6) is -1.63. The standard InChI is InChI=1S/C14H10ClNO4/c1-20-14(19)8-5-6-10(15)9(7-8)11-3-2-4-12(16-11)13(17)18/h2-7H,1H3,(H,17,18). The van der Waals surface area contributed by atoms with Gasteiger partial charge in [-0.3, -0.25) is 0 Å². The fourth-order valence-electron chi connectivity index (χ4n) is 1.67. The summed E-state index contributed by atoms with van der Waals surface area (Å²) < 4.78 is 4.63. The molecule has 2 rings (SSSR count). The second-order valence-corrected chi connectivity index (χ2v) is 4.31. The van der Waals surface area contributed by atoms with Crippen molar-refractivity contribution in [3.8, 4) is 11.3 Å². The van der Waals surface area contributed by atoms with Crippen LogP contribution in [0, 0.1) is 0 Å². The summed E-state index contributed by atoms with van der Waals surface area (Å²) >= 11 is 6.07. The number of ether oxygens (including phenoxy) is 1. The Morgan fingerprint density at radius 2 is 2.00 bits per heavy atom. The van der Waals surface area contributed by atoms with Crippen LogP contribution >= 0.6 is 11.6 Å². The van der Waals surface area contributed by atoms with Crippen LogP contribution in [0.1, 0.15) is 20.8 Å². The lowest BCUT2D eigenvalue weighted by Crippen LogP contribution is -2.03. The molecule has 1 heterocycles. The largest absolute Gasteiger partial charge is 0.477 e. The first-order valence-electron chi connectivity index (χ1n) is 5.61. The zero-order chi connectivity index (χ0) is 14.7. The highest BCUT2D eigenvalue weighted by Gasteiger charge is 2.13. The number of halogens is 1. The van der Waals surface area contributed by atoms with E-state index in [4.69, 9.17) is 16.7 Å². The summed E-state index contributed by atoms with van der Waals surface area (Å²) in [5.41, 5.74) is 1.06. The van der Waals surface area contributed by atoms with Crippen molar-refractivity contribution in [2.24, 2.45) is 0 Å². The first kappa shape index (κ1) is 14.0. The van der Waals surface area contributed by atoms with Crippen molar-refractivity contribution >= 4 is 23.5 Å². The SMILES string of the molecule is COC(=O)c1ccc(Cl)c(-c2cccc(C(=O)O)n2)c1. The summed E-state index contributed by atoms with van der Waals surface area (Å²) in [6, 6.07) is 9.14. The number of hydrogen-bond donors (Lipinski definition) is 1. The maximum Gasteiger partial charge on any atom is 0.354 e. The lowest BCUT2D eigenvalue weighted by Gasteiger charge is -2.07. The summed E-state index contributed by atoms with van der Waals surface area (Å²) in [4.78, 5) is 26.4. The van der Waals surface area contributed by atoms with Gasteiger partial charge in [-0.15, -0.1) is 0 Å². The van der Waals surface area contributed by atoms with Crippen LogP contribution in [0.25, 0.3) is 11.3 Å². The van der Waals surface area contributed by atoms with Crippen LogP contribution in [0.15, 0.2) is 36.4 Å². The average Bonchev–Trinajstić information content (AvgIpc) is 2.47. The van der Waals surface area contributed by atoms with Crippen LogP contribution in [-0.4, -0.2) is 29.1 Å². The van der Waals surface area contributed by atoms with E-state index in [1.165, 1.54) is 31.4 Å². The molecule has 0 atom stereocenters. The number of pyridine rings is 1. The highest BCUT2D eigenvalue weighted by Crippen LogP contribution is 2.28. The van der Waals surface area contributed by atoms with Crippen molar-refractivity contribution in [1.82, 2.24) is 4.98 Å². The van der Waals surface area contributed by atoms with Gasteiger partial charge in [0.2, 0.25) is 0 Å². The molecule has 1 N–H and O–H groups in total. The third-order valence-corrected chi connectivity index (χ3v) is 2.96. The highest BCUT2D eigenvalue weighted by molar-refractivity contribution is 6.33. The van der Waals surface area contributed by atoms with Crippen molar-refractivity contribution in [1.29, 1.82) is 0 Å². The second-order valence-electron chi connectivity index (χ2n) is 3.90. The number of hydrogen-bond acceptors (Lipinski definition) is 4. The minimum atomic E-state index is -1.13. The fraction of sp³-hybridized carbons (Fsp3) is 0.0714. The number of methoxy groups -OCH3 is 1. The van der Waals surface area contributed by atoms with E-state index in [1.807, 2.05) is 0 Å². The minimum absolute atomic E-state index is 0.0953. The number of carboxylic acid groups (broad SMARTS) is 1. The Balaban J connectivity index is 2.54. The molecule has 0 radical (unpaired) electrons. The van der Waals surface area contributed by atoms with Gasteiger partial charge in [-0.1, -0.05) is 17.7 Å². The molecule has 0 aliphatic rings. The molecule has 0 saturated heterocycles. The first-order chi connectivity index (χ1) is 9.52. The summed E-state index contributed by atoms with van der Waals surface area (Å²) in [5, 5.41) is 9.30. The van der Waals surface area contributed by atoms with E-state index in [2.05, 4.69) is 9.72 Å². The van der Waals surface area contributed by atoms with Crippen LogP contribution in [0.3, 0.4) is 0 Å². The minimum Gasteiger partial charge on any atom is -0.477 e. The maximum atomic E-state index is 11.5. The Morgan fingerprint density at radius 1 is 1.25 bits per heavy atom. The third kappa shape index (κ3) is 2.78. The predicted molar refractivity (Wildman–Crippen MR) is 73.0 cm³/mol. The number of esters is 1. The van der Waals surface area contributed by atoms with Gasteiger partial charge in [0, 0.05) is 5.56 Å². The molecule has 0 bridgehead atoms. The van der Waals surface area contributed by atoms with Crippen LogP contribution in [0.4, 0.5) is 0 Å². The van der Waals surface area contributed by atoms with Crippen LogP contribution < -0.4 is 0 Å². The third-order valence-electron chi connectivity index (χ3n) is 2.63. The van der Waals surface area contributed by atoms with Crippen molar-refractivity contribution < 1.29 is 19.4 Å². The zero-order valence-electron chi connectivity index (χ0n) is 10.5. The second kappa shape index (κ2) is 5.71. The Hall–Kier alpha value is -2.40. The molecule has 0 aliphatic carbocycles. The number of aromatic carboxylic acids is 1. The van der Waals surface area contributed by atoms with Crippen molar-refractivity contribution in [2.75, 3.05) is 7.11 Å². The molecule has 0 unspecified atom stereocenters. The average molecular weight is 292 g/mol. The number of rotatable bonds is 3. The van der Waals surface area contributed by atoms with Gasteiger partial charge in [0.1, 0.15) is 5.69 Å². The monoisotopic (exact) mass is 291 g/mol. The predicted octanol–water partition coefficient (Wildman–Crippen LogP) is 2.89. The van der Waals surface area contributed by atoms with Gasteiger partial charge in [-0.25, -0.2) is 14.6 Å². The zero-order valence-corrected chi connectivity index (χ0v) is 11.2. The van der Waals surface area contributed by atoms with E-state index < -0.39 is 11.9 Å². The van der Waals surface area contributed by atoms with Gasteiger partial charge in [-0.2, -0.15) is 0 Å². The quantitative estimate of drug-likeness (QED) is 0.880. The van der Waals surface area contributed by atoms with Crippen LogP contribution in [0.5, 0.6) is 0 Å². The lowest BCUT2D eigenvalue weighted by atomic mass is 10.1. The molecule has 0 aliphatic heterocycles. The Morgan fingerprint density at radius 3 is 2.65 bits per heavy atom. The molecule has 102 valence electrons. The van der Waals surface area contributed by atoms with Crippen LogP contribution in [0.2, 0.25) is 5.02 Å². The van der Waals surface area contributed by atoms with Gasteiger partial charge in [-0.05, 0) is 30.3 Å². The maximum absolute atomic E-state index is 11.5. The lowest BCUT2D eigenvalue weighted by molar-refractivity contribution is 0.0599. The number of nitrogens with zero attached hydrogens (tertiary/aromatic N) is 1. The van der Waals surface area contributed by atoms with Gasteiger partial charge in [0.25, 0.3) is 0 Å². The van der Waals surface area contributed by atoms with E-state index in [0.717, 1.165) is 0 Å². The Labute approximate surface area is 119 Å². The molecule has 20 heavy (non-hydrogen) atoms. The summed E-state index contributed by atoms with van der Waals surface area (Å²) in [7, 11) is 1.28. The van der Waals surface area contributed by atoms with E-state index >= 15 is 0 Å². The number of carbonyl (C=O) groups is 2. The van der Waals surface area contributed by atoms with Gasteiger partial charge < -0.3 is 9.84 Å². The molecule has 6 heteroatoms. The number of aromatic nitrogens is 1. The molecule has 5 nitrogen and oxygen atoms in total. The molecule has 0 fully saturated rings. The Bertz CT molecular complexity index is 685. The number of carbonyl (C=O) groups excluding carboxylic acids is 1. The summed E-state index contributed by atoms with van der Waals surface area (Å²) in [6.07, 6.45) is 0. The topological polar surface area (TPSA) is 76.5 Å². The van der Waals surface area contributed by atoms with E-state index in [9.17, 15) is 9.59 Å². The Kier molecular flexibility index (Phi) is 4.00. The normalized spacial score (nSPS) is 10.1. The number of carboxylic acids is 1. The van der Waals surface area contributed by atoms with Gasteiger partial charge >= 0.3 is 11.9 Å². The van der Waals surface area contributed by atoms with Crippen molar-refractivity contribution in [3.63, 3.8) is 0 Å². The van der Waals surface area contributed by atoms with Crippen LogP contribution in [-0.2, 0) is 4.74 Å². The molecular formula is C14H10ClNO4. The van der Waals surface area contributed by atoms with Gasteiger partial charge in [0.05, 0.1) is 23.4 Å². The number of benzene rings is 1. The smallest absolute Gasteiger partial charge is 0.354 e. The van der Waals surface area contributed by atoms with Crippen molar-refractivity contribution in [2.45, 2.75) is 0 Å². The van der Waals surface area contributed by atoms with E-state index in [0.29, 0.717) is 21.8 Å². The van der Waals surface area contributed by atoms with E-state index in [1.54, 1.807) is 12.1 Å². The highest BCUT2D eigenvalue weighted by atomic mass is 35.5. The molecule has 2 aromatic rings. The summed E-state index contributed by atoms with van der Waals surface area (Å²) in [6.45, 7) is 0. The molecular weight excluding hydrogens is 282 g/mol. The molecule has 0 saturated carbocycles.